The molecule has 0 heterocycles. The monoisotopic (exact) mass is 348 g/mol. The Morgan fingerprint density at radius 2 is 1.56 bits per heavy atom. The van der Waals surface area contributed by atoms with Gasteiger partial charge in [-0.15, -0.1) is 0 Å². The van der Waals surface area contributed by atoms with Gasteiger partial charge in [0.1, 0.15) is 5.60 Å². The molecule has 25 heavy (non-hydrogen) atoms. The summed E-state index contributed by atoms with van der Waals surface area (Å²) in [5.74, 6) is -1.46. The first kappa shape index (κ1) is 21.2. The quantitative estimate of drug-likeness (QED) is 0.380. The second kappa shape index (κ2) is 10.9. The fourth-order valence-electron chi connectivity index (χ4n) is 3.35. The standard InChI is InChI=1S/C21H32O4/c1-4-7-8-9-15-21(13-5-2,14-6-3)25-20(24)18-12-10-11-17(16-18)19(22)23/h10-12,16H,4-9,13-15H2,1-3H3,(H,22,23). The zero-order valence-electron chi connectivity index (χ0n) is 15.8. The second-order valence-corrected chi connectivity index (χ2v) is 6.77. The fourth-order valence-corrected chi connectivity index (χ4v) is 3.35. The van der Waals surface area contributed by atoms with Gasteiger partial charge in [0, 0.05) is 0 Å². The highest BCUT2D eigenvalue weighted by Crippen LogP contribution is 2.32. The summed E-state index contributed by atoms with van der Waals surface area (Å²) < 4.78 is 5.99. The van der Waals surface area contributed by atoms with Gasteiger partial charge in [-0.2, -0.15) is 0 Å². The normalized spacial score (nSPS) is 11.3. The minimum absolute atomic E-state index is 0.106. The van der Waals surface area contributed by atoms with Crippen LogP contribution < -0.4 is 0 Å². The smallest absolute Gasteiger partial charge is 0.338 e. The van der Waals surface area contributed by atoms with E-state index in [9.17, 15) is 9.59 Å². The van der Waals surface area contributed by atoms with Crippen molar-refractivity contribution in [3.8, 4) is 0 Å². The number of hydrogen-bond donors (Lipinski definition) is 1. The summed E-state index contributed by atoms with van der Waals surface area (Å²) >= 11 is 0. The Morgan fingerprint density at radius 1 is 0.920 bits per heavy atom. The summed E-state index contributed by atoms with van der Waals surface area (Å²) in [6.45, 7) is 6.39. The molecule has 0 aliphatic carbocycles. The molecule has 0 aliphatic heterocycles. The second-order valence-electron chi connectivity index (χ2n) is 6.77. The Kier molecular flexibility index (Phi) is 9.25. The Hall–Kier alpha value is -1.84. The number of unbranched alkanes of at least 4 members (excludes halogenated alkanes) is 3. The number of hydrogen-bond acceptors (Lipinski definition) is 3. The highest BCUT2D eigenvalue weighted by Gasteiger charge is 2.32. The summed E-state index contributed by atoms with van der Waals surface area (Å²) in [7, 11) is 0. The molecular formula is C21H32O4. The number of carbonyl (C=O) groups is 2. The van der Waals surface area contributed by atoms with E-state index < -0.39 is 17.5 Å². The van der Waals surface area contributed by atoms with Crippen molar-refractivity contribution < 1.29 is 19.4 Å². The van der Waals surface area contributed by atoms with Crippen molar-refractivity contribution >= 4 is 11.9 Å². The van der Waals surface area contributed by atoms with Crippen LogP contribution in [0.1, 0.15) is 99.3 Å². The maximum Gasteiger partial charge on any atom is 0.338 e. The van der Waals surface area contributed by atoms with Gasteiger partial charge in [0.2, 0.25) is 0 Å². The van der Waals surface area contributed by atoms with E-state index in [0.29, 0.717) is 5.56 Å². The van der Waals surface area contributed by atoms with Crippen LogP contribution in [0.3, 0.4) is 0 Å². The summed E-state index contributed by atoms with van der Waals surface area (Å²) in [6, 6.07) is 6.08. The van der Waals surface area contributed by atoms with Gasteiger partial charge in [-0.05, 0) is 43.9 Å². The molecule has 1 N–H and O–H groups in total. The topological polar surface area (TPSA) is 63.6 Å². The Balaban J connectivity index is 2.92. The van der Waals surface area contributed by atoms with Crippen LogP contribution in [0.4, 0.5) is 0 Å². The maximum absolute atomic E-state index is 12.7. The number of aromatic carboxylic acids is 1. The predicted molar refractivity (Wildman–Crippen MR) is 100 cm³/mol. The molecule has 1 aromatic rings. The van der Waals surface area contributed by atoms with Crippen LogP contribution in [0.15, 0.2) is 24.3 Å². The van der Waals surface area contributed by atoms with Crippen LogP contribution in [0.25, 0.3) is 0 Å². The number of carbonyl (C=O) groups excluding carboxylic acids is 1. The van der Waals surface area contributed by atoms with Crippen molar-refractivity contribution in [1.82, 2.24) is 0 Å². The van der Waals surface area contributed by atoms with Crippen LogP contribution in [-0.2, 0) is 4.74 Å². The lowest BCUT2D eigenvalue weighted by Crippen LogP contribution is -2.35. The third-order valence-electron chi connectivity index (χ3n) is 4.55. The molecule has 4 heteroatoms. The first-order valence-electron chi connectivity index (χ1n) is 9.54. The molecule has 0 atom stereocenters. The molecule has 4 nitrogen and oxygen atoms in total. The van der Waals surface area contributed by atoms with E-state index in [1.54, 1.807) is 12.1 Å². The van der Waals surface area contributed by atoms with Crippen LogP contribution in [-0.4, -0.2) is 22.6 Å². The van der Waals surface area contributed by atoms with Crippen molar-refractivity contribution in [3.05, 3.63) is 35.4 Å². The van der Waals surface area contributed by atoms with Crippen LogP contribution in [0, 0.1) is 0 Å². The van der Waals surface area contributed by atoms with Gasteiger partial charge in [-0.3, -0.25) is 0 Å². The number of carboxylic acids is 1. The number of ether oxygens (including phenoxy) is 1. The number of benzene rings is 1. The highest BCUT2D eigenvalue weighted by atomic mass is 16.6. The molecule has 140 valence electrons. The molecule has 0 radical (unpaired) electrons. The van der Waals surface area contributed by atoms with Gasteiger partial charge < -0.3 is 9.84 Å². The lowest BCUT2D eigenvalue weighted by atomic mass is 9.86. The van der Waals surface area contributed by atoms with Gasteiger partial charge >= 0.3 is 11.9 Å². The SMILES string of the molecule is CCCCCCC(CCC)(CCC)OC(=O)c1cccc(C(=O)O)c1. The van der Waals surface area contributed by atoms with Crippen molar-refractivity contribution in [3.63, 3.8) is 0 Å². The van der Waals surface area contributed by atoms with E-state index in [2.05, 4.69) is 20.8 Å². The Bertz CT molecular complexity index is 545. The van der Waals surface area contributed by atoms with Gasteiger partial charge in [-0.1, -0.05) is 58.9 Å². The molecule has 0 unspecified atom stereocenters. The first-order valence-corrected chi connectivity index (χ1v) is 9.54. The van der Waals surface area contributed by atoms with E-state index in [1.807, 2.05) is 0 Å². The van der Waals surface area contributed by atoms with E-state index in [4.69, 9.17) is 9.84 Å². The van der Waals surface area contributed by atoms with Gasteiger partial charge in [-0.25, -0.2) is 9.59 Å². The Labute approximate surface area is 151 Å². The average molecular weight is 348 g/mol. The lowest BCUT2D eigenvalue weighted by Gasteiger charge is -2.33. The van der Waals surface area contributed by atoms with E-state index in [0.717, 1.165) is 44.9 Å². The lowest BCUT2D eigenvalue weighted by molar-refractivity contribution is -0.0342. The molecule has 0 saturated heterocycles. The number of esters is 1. The molecule has 0 bridgehead atoms. The third kappa shape index (κ3) is 6.89. The molecule has 0 aliphatic rings. The Morgan fingerprint density at radius 3 is 2.12 bits per heavy atom. The number of rotatable bonds is 12. The van der Waals surface area contributed by atoms with E-state index >= 15 is 0 Å². The van der Waals surface area contributed by atoms with Crippen molar-refractivity contribution in [2.24, 2.45) is 0 Å². The van der Waals surface area contributed by atoms with E-state index in [-0.39, 0.29) is 5.56 Å². The fraction of sp³-hybridized carbons (Fsp3) is 0.619. The highest BCUT2D eigenvalue weighted by molar-refractivity contribution is 5.94. The largest absolute Gasteiger partial charge is 0.478 e. The van der Waals surface area contributed by atoms with Crippen LogP contribution in [0.5, 0.6) is 0 Å². The van der Waals surface area contributed by atoms with Crippen LogP contribution in [0.2, 0.25) is 0 Å². The molecule has 1 rings (SSSR count). The first-order chi connectivity index (χ1) is 12.0. The van der Waals surface area contributed by atoms with Crippen molar-refractivity contribution in [2.45, 2.75) is 84.2 Å². The van der Waals surface area contributed by atoms with Gasteiger partial charge in [0.05, 0.1) is 11.1 Å². The zero-order valence-corrected chi connectivity index (χ0v) is 15.8. The molecule has 1 aromatic carbocycles. The zero-order chi connectivity index (χ0) is 18.7. The molecule has 0 saturated carbocycles. The molecule has 0 spiro atoms. The number of carboxylic acid groups (broad SMARTS) is 1. The van der Waals surface area contributed by atoms with Gasteiger partial charge in [0.25, 0.3) is 0 Å². The molecule has 0 fully saturated rings. The van der Waals surface area contributed by atoms with Crippen molar-refractivity contribution in [2.75, 3.05) is 0 Å². The van der Waals surface area contributed by atoms with E-state index in [1.165, 1.54) is 25.0 Å². The summed E-state index contributed by atoms with van der Waals surface area (Å²) in [5.41, 5.74) is -0.0212. The predicted octanol–water partition coefficient (Wildman–Crippen LogP) is 5.85. The summed E-state index contributed by atoms with van der Waals surface area (Å²) in [5, 5.41) is 9.11. The maximum atomic E-state index is 12.7. The van der Waals surface area contributed by atoms with Crippen LogP contribution >= 0.6 is 0 Å². The molecular weight excluding hydrogens is 316 g/mol. The van der Waals surface area contributed by atoms with Gasteiger partial charge in [0.15, 0.2) is 0 Å². The minimum atomic E-state index is -1.04. The minimum Gasteiger partial charge on any atom is -0.478 e. The summed E-state index contributed by atoms with van der Waals surface area (Å²) in [4.78, 5) is 23.8. The molecule has 0 aromatic heterocycles. The third-order valence-corrected chi connectivity index (χ3v) is 4.55. The summed E-state index contributed by atoms with van der Waals surface area (Å²) in [6.07, 6.45) is 9.05. The molecule has 0 amide bonds. The van der Waals surface area contributed by atoms with Crippen molar-refractivity contribution in [1.29, 1.82) is 0 Å². The average Bonchev–Trinajstić information content (AvgIpc) is 2.59.